The molecule has 0 bridgehead atoms. The average Bonchev–Trinajstić information content (AvgIpc) is 1.88. The molecule has 0 aliphatic heterocycles. The van der Waals surface area contributed by atoms with Gasteiger partial charge in [-0.25, -0.2) is 0 Å². The third kappa shape index (κ3) is 1.13. The highest BCUT2D eigenvalue weighted by molar-refractivity contribution is 5.53. The summed E-state index contributed by atoms with van der Waals surface area (Å²) >= 11 is 0. The standard InChI is InChI=1S/C7H8N2O/c1-5-4-6(8)2-3-7(5)9-10/h2-4H,8H2,1H3. The Bertz CT molecular complexity index is 258. The normalized spacial score (nSPS) is 9.30. The molecule has 10 heavy (non-hydrogen) atoms. The van der Waals surface area contributed by atoms with E-state index in [-0.39, 0.29) is 0 Å². The summed E-state index contributed by atoms with van der Waals surface area (Å²) in [6.07, 6.45) is 0. The highest BCUT2D eigenvalue weighted by Crippen LogP contribution is 2.19. The molecule has 2 N–H and O–H groups in total. The van der Waals surface area contributed by atoms with E-state index >= 15 is 0 Å². The van der Waals surface area contributed by atoms with Crippen LogP contribution in [0, 0.1) is 11.8 Å². The third-order valence-corrected chi connectivity index (χ3v) is 1.32. The van der Waals surface area contributed by atoms with Crippen LogP contribution in [0.1, 0.15) is 5.56 Å². The van der Waals surface area contributed by atoms with Crippen molar-refractivity contribution < 1.29 is 0 Å². The van der Waals surface area contributed by atoms with Crippen LogP contribution in [0.15, 0.2) is 23.4 Å². The van der Waals surface area contributed by atoms with Crippen molar-refractivity contribution in [1.82, 2.24) is 0 Å². The van der Waals surface area contributed by atoms with Gasteiger partial charge in [-0.1, -0.05) is 0 Å². The first-order chi connectivity index (χ1) is 4.74. The van der Waals surface area contributed by atoms with Crippen LogP contribution >= 0.6 is 0 Å². The lowest BCUT2D eigenvalue weighted by molar-refractivity contribution is 1.39. The monoisotopic (exact) mass is 136 g/mol. The molecule has 0 atom stereocenters. The lowest BCUT2D eigenvalue weighted by Crippen LogP contribution is -1.84. The topological polar surface area (TPSA) is 55.4 Å². The van der Waals surface area contributed by atoms with Crippen molar-refractivity contribution in [3.05, 3.63) is 28.7 Å². The quantitative estimate of drug-likeness (QED) is 0.474. The number of aryl methyl sites for hydroxylation is 1. The van der Waals surface area contributed by atoms with E-state index in [1.54, 1.807) is 25.1 Å². The lowest BCUT2D eigenvalue weighted by Gasteiger charge is -1.96. The maximum absolute atomic E-state index is 10.0. The first-order valence-electron chi connectivity index (χ1n) is 2.93. The van der Waals surface area contributed by atoms with E-state index in [1.807, 2.05) is 0 Å². The summed E-state index contributed by atoms with van der Waals surface area (Å²) in [5, 5.41) is 2.81. The molecule has 0 aliphatic carbocycles. The highest BCUT2D eigenvalue weighted by atomic mass is 16.3. The maximum Gasteiger partial charge on any atom is 0.111 e. The number of hydrogen-bond acceptors (Lipinski definition) is 3. The van der Waals surface area contributed by atoms with E-state index in [1.165, 1.54) is 0 Å². The minimum absolute atomic E-state index is 0.453. The van der Waals surface area contributed by atoms with Gasteiger partial charge in [0.25, 0.3) is 0 Å². The number of nitrogens with two attached hydrogens (primary N) is 1. The van der Waals surface area contributed by atoms with Crippen LogP contribution in [0.25, 0.3) is 0 Å². The largest absolute Gasteiger partial charge is 0.399 e. The van der Waals surface area contributed by atoms with Gasteiger partial charge in [0.05, 0.1) is 0 Å². The van der Waals surface area contributed by atoms with Crippen LogP contribution in [-0.2, 0) is 0 Å². The van der Waals surface area contributed by atoms with Gasteiger partial charge in [-0.15, -0.1) is 4.91 Å². The lowest BCUT2D eigenvalue weighted by atomic mass is 10.2. The smallest absolute Gasteiger partial charge is 0.111 e. The predicted octanol–water partition coefficient (Wildman–Crippen LogP) is 1.98. The molecule has 3 nitrogen and oxygen atoms in total. The Morgan fingerprint density at radius 1 is 1.50 bits per heavy atom. The van der Waals surface area contributed by atoms with Crippen LogP contribution in [0.2, 0.25) is 0 Å². The first kappa shape index (κ1) is 6.74. The number of nitrogen functional groups attached to an aromatic ring is 1. The van der Waals surface area contributed by atoms with Crippen molar-refractivity contribution in [2.45, 2.75) is 6.92 Å². The minimum Gasteiger partial charge on any atom is -0.399 e. The zero-order valence-corrected chi connectivity index (χ0v) is 5.66. The molecule has 0 radical (unpaired) electrons. The Labute approximate surface area is 58.8 Å². The molecular formula is C7H8N2O. The van der Waals surface area contributed by atoms with Gasteiger partial charge in [0.1, 0.15) is 5.69 Å². The SMILES string of the molecule is Cc1cc(N)ccc1N=O. The van der Waals surface area contributed by atoms with Gasteiger partial charge in [-0.3, -0.25) is 0 Å². The number of nitroso groups, excluding NO2 is 1. The van der Waals surface area contributed by atoms with Crippen LogP contribution in [0.3, 0.4) is 0 Å². The summed E-state index contributed by atoms with van der Waals surface area (Å²) in [4.78, 5) is 10.0. The van der Waals surface area contributed by atoms with Crippen molar-refractivity contribution in [2.24, 2.45) is 5.18 Å². The van der Waals surface area contributed by atoms with Crippen molar-refractivity contribution >= 4 is 11.4 Å². The summed E-state index contributed by atoms with van der Waals surface area (Å²) in [5.41, 5.74) is 7.36. The van der Waals surface area contributed by atoms with Crippen molar-refractivity contribution in [2.75, 3.05) is 5.73 Å². The molecule has 0 aromatic heterocycles. The van der Waals surface area contributed by atoms with Gasteiger partial charge in [0, 0.05) is 5.69 Å². The van der Waals surface area contributed by atoms with E-state index in [9.17, 15) is 4.91 Å². The first-order valence-corrected chi connectivity index (χ1v) is 2.93. The molecule has 0 saturated heterocycles. The summed E-state index contributed by atoms with van der Waals surface area (Å²) in [6.45, 7) is 1.80. The van der Waals surface area contributed by atoms with Crippen molar-refractivity contribution in [3.8, 4) is 0 Å². The summed E-state index contributed by atoms with van der Waals surface area (Å²) in [6, 6.07) is 4.98. The Morgan fingerprint density at radius 3 is 2.70 bits per heavy atom. The van der Waals surface area contributed by atoms with Gasteiger partial charge in [0.2, 0.25) is 0 Å². The van der Waals surface area contributed by atoms with Crippen LogP contribution in [0.4, 0.5) is 11.4 Å². The Morgan fingerprint density at radius 2 is 2.20 bits per heavy atom. The van der Waals surface area contributed by atoms with Gasteiger partial charge in [-0.05, 0) is 35.9 Å². The number of rotatable bonds is 1. The van der Waals surface area contributed by atoms with Gasteiger partial charge < -0.3 is 5.73 Å². The summed E-state index contributed by atoms with van der Waals surface area (Å²) < 4.78 is 0. The fourth-order valence-corrected chi connectivity index (χ4v) is 0.781. The highest BCUT2D eigenvalue weighted by Gasteiger charge is 1.95. The molecule has 0 amide bonds. The Balaban J connectivity index is 3.19. The second-order valence-electron chi connectivity index (χ2n) is 2.14. The molecule has 52 valence electrons. The second kappa shape index (κ2) is 2.47. The zero-order chi connectivity index (χ0) is 7.56. The Kier molecular flexibility index (Phi) is 1.67. The summed E-state index contributed by atoms with van der Waals surface area (Å²) in [7, 11) is 0. The van der Waals surface area contributed by atoms with Crippen LogP contribution in [0.5, 0.6) is 0 Å². The molecular weight excluding hydrogens is 128 g/mol. The molecule has 0 heterocycles. The molecule has 0 unspecified atom stereocenters. The molecule has 3 heteroatoms. The van der Waals surface area contributed by atoms with Crippen molar-refractivity contribution in [1.29, 1.82) is 0 Å². The molecule has 0 spiro atoms. The minimum atomic E-state index is 0.453. The van der Waals surface area contributed by atoms with E-state index in [4.69, 9.17) is 5.73 Å². The van der Waals surface area contributed by atoms with Gasteiger partial charge in [-0.2, -0.15) is 0 Å². The molecule has 1 rings (SSSR count). The predicted molar refractivity (Wildman–Crippen MR) is 41.0 cm³/mol. The Hall–Kier alpha value is -1.38. The number of hydrogen-bond donors (Lipinski definition) is 1. The number of nitrogens with zero attached hydrogens (tertiary/aromatic N) is 1. The van der Waals surface area contributed by atoms with Gasteiger partial charge in [0.15, 0.2) is 0 Å². The average molecular weight is 136 g/mol. The van der Waals surface area contributed by atoms with Crippen molar-refractivity contribution in [3.63, 3.8) is 0 Å². The number of benzene rings is 1. The number of anilines is 1. The molecule has 0 fully saturated rings. The van der Waals surface area contributed by atoms with Crippen LogP contribution < -0.4 is 5.73 Å². The van der Waals surface area contributed by atoms with E-state index < -0.39 is 0 Å². The molecule has 0 saturated carbocycles. The maximum atomic E-state index is 10.0. The van der Waals surface area contributed by atoms with Gasteiger partial charge >= 0.3 is 0 Å². The molecule has 0 aliphatic rings. The van der Waals surface area contributed by atoms with E-state index in [2.05, 4.69) is 5.18 Å². The fourth-order valence-electron chi connectivity index (χ4n) is 0.781. The van der Waals surface area contributed by atoms with E-state index in [0.717, 1.165) is 5.56 Å². The summed E-state index contributed by atoms with van der Waals surface area (Å²) in [5.74, 6) is 0. The fraction of sp³-hybridized carbons (Fsp3) is 0.143. The third-order valence-electron chi connectivity index (χ3n) is 1.32. The van der Waals surface area contributed by atoms with E-state index in [0.29, 0.717) is 11.4 Å². The molecule has 1 aromatic carbocycles. The zero-order valence-electron chi connectivity index (χ0n) is 5.66. The van der Waals surface area contributed by atoms with Crippen LogP contribution in [-0.4, -0.2) is 0 Å². The molecule has 1 aromatic rings. The second-order valence-corrected chi connectivity index (χ2v) is 2.14.